The van der Waals surface area contributed by atoms with Crippen molar-refractivity contribution in [2.45, 2.75) is 108 Å². The van der Waals surface area contributed by atoms with Crippen molar-refractivity contribution in [1.82, 2.24) is 0 Å². The first-order valence-corrected chi connectivity index (χ1v) is 14.7. The summed E-state index contributed by atoms with van der Waals surface area (Å²) in [5.74, 6) is 3.24. The zero-order chi connectivity index (χ0) is 23.0. The Hall–Kier alpha value is -1.29. The molecule has 0 amide bonds. The SMILES string of the molecule is CCCCCCCCSC1(c2ccc(OCCCCCCCCC3CC3)cc2)C=NC=NC1. The lowest BCUT2D eigenvalue weighted by Gasteiger charge is -2.30. The molecule has 3 nitrogen and oxygen atoms in total. The Morgan fingerprint density at radius 1 is 0.879 bits per heavy atom. The Balaban J connectivity index is 1.33. The summed E-state index contributed by atoms with van der Waals surface area (Å²) in [6, 6.07) is 8.70. The maximum atomic E-state index is 6.02. The van der Waals surface area contributed by atoms with E-state index in [0.717, 1.165) is 37.0 Å². The maximum Gasteiger partial charge on any atom is 0.119 e. The Morgan fingerprint density at radius 2 is 1.58 bits per heavy atom. The van der Waals surface area contributed by atoms with Crippen molar-refractivity contribution < 1.29 is 4.74 Å². The fourth-order valence-electron chi connectivity index (χ4n) is 4.56. The van der Waals surface area contributed by atoms with Gasteiger partial charge in [0.05, 0.1) is 17.9 Å². The maximum absolute atomic E-state index is 6.02. The van der Waals surface area contributed by atoms with Crippen LogP contribution in [-0.4, -0.2) is 31.5 Å². The van der Waals surface area contributed by atoms with Gasteiger partial charge in [-0.25, -0.2) is 4.99 Å². The van der Waals surface area contributed by atoms with Gasteiger partial charge in [-0.15, -0.1) is 11.8 Å². The van der Waals surface area contributed by atoms with E-state index < -0.39 is 0 Å². The van der Waals surface area contributed by atoms with Crippen LogP contribution in [0.3, 0.4) is 0 Å². The predicted molar refractivity (Wildman–Crippen MR) is 146 cm³/mol. The van der Waals surface area contributed by atoms with Crippen LogP contribution < -0.4 is 4.74 Å². The lowest BCUT2D eigenvalue weighted by molar-refractivity contribution is 0.304. The molecule has 1 aromatic carbocycles. The molecule has 1 aromatic rings. The summed E-state index contributed by atoms with van der Waals surface area (Å²) in [5.41, 5.74) is 1.29. The van der Waals surface area contributed by atoms with Gasteiger partial charge in [0.25, 0.3) is 0 Å². The Kier molecular flexibility index (Phi) is 12.4. The Morgan fingerprint density at radius 3 is 2.27 bits per heavy atom. The summed E-state index contributed by atoms with van der Waals surface area (Å²) in [6.07, 6.45) is 24.3. The highest BCUT2D eigenvalue weighted by Gasteiger charge is 2.32. The van der Waals surface area contributed by atoms with Crippen molar-refractivity contribution in [2.75, 3.05) is 18.9 Å². The van der Waals surface area contributed by atoms with Gasteiger partial charge in [-0.1, -0.05) is 103 Å². The second kappa shape index (κ2) is 15.6. The van der Waals surface area contributed by atoms with Gasteiger partial charge in [-0.2, -0.15) is 0 Å². The molecule has 0 saturated heterocycles. The van der Waals surface area contributed by atoms with Crippen LogP contribution in [0.15, 0.2) is 34.3 Å². The van der Waals surface area contributed by atoms with E-state index in [1.165, 1.54) is 95.5 Å². The Bertz CT molecular complexity index is 698. The van der Waals surface area contributed by atoms with E-state index in [9.17, 15) is 0 Å². The van der Waals surface area contributed by atoms with Crippen molar-refractivity contribution >= 4 is 24.3 Å². The number of thioether (sulfide) groups is 1. The number of unbranched alkanes of at least 4 members (excludes halogenated alkanes) is 10. The van der Waals surface area contributed by atoms with Gasteiger partial charge >= 0.3 is 0 Å². The lowest BCUT2D eigenvalue weighted by Crippen LogP contribution is -2.30. The van der Waals surface area contributed by atoms with Crippen LogP contribution in [0.5, 0.6) is 5.75 Å². The summed E-state index contributed by atoms with van der Waals surface area (Å²) < 4.78 is 5.90. The molecule has 4 heteroatoms. The summed E-state index contributed by atoms with van der Waals surface area (Å²) in [5, 5.41) is 0. The van der Waals surface area contributed by atoms with Gasteiger partial charge in [0.2, 0.25) is 0 Å². The normalized spacial score (nSPS) is 19.8. The van der Waals surface area contributed by atoms with Gasteiger partial charge in [-0.3, -0.25) is 4.99 Å². The molecule has 0 N–H and O–H groups in total. The standard InChI is InChI=1S/C29H46N2OS/c1-2-3-4-5-10-13-22-33-29(23-30-25-31-24-29)27-17-19-28(20-18-27)32-21-12-9-7-6-8-11-14-26-15-16-26/h17-20,23,25-26H,2-16,21-22,24H2,1H3. The van der Waals surface area contributed by atoms with Crippen LogP contribution in [0.1, 0.15) is 109 Å². The zero-order valence-corrected chi connectivity index (χ0v) is 21.8. The molecule has 1 saturated carbocycles. The molecule has 1 heterocycles. The molecule has 1 aliphatic heterocycles. The van der Waals surface area contributed by atoms with E-state index >= 15 is 0 Å². The number of aliphatic imine (C=N–C) groups is 2. The van der Waals surface area contributed by atoms with Gasteiger partial charge in [0, 0.05) is 6.21 Å². The van der Waals surface area contributed by atoms with Crippen LogP contribution in [0.2, 0.25) is 0 Å². The molecule has 1 aliphatic carbocycles. The second-order valence-electron chi connectivity index (χ2n) is 9.97. The monoisotopic (exact) mass is 470 g/mol. The molecule has 0 radical (unpaired) electrons. The number of hydrogen-bond donors (Lipinski definition) is 0. The van der Waals surface area contributed by atoms with Crippen LogP contribution in [0, 0.1) is 5.92 Å². The molecule has 184 valence electrons. The minimum Gasteiger partial charge on any atom is -0.494 e. The zero-order valence-electron chi connectivity index (χ0n) is 21.0. The summed E-state index contributed by atoms with van der Waals surface area (Å²) in [7, 11) is 0. The van der Waals surface area contributed by atoms with Crippen molar-refractivity contribution in [3.05, 3.63) is 29.8 Å². The largest absolute Gasteiger partial charge is 0.494 e. The first-order chi connectivity index (χ1) is 16.3. The first kappa shape index (κ1) is 26.3. The van der Waals surface area contributed by atoms with Crippen molar-refractivity contribution in [3.63, 3.8) is 0 Å². The number of nitrogens with zero attached hydrogens (tertiary/aromatic N) is 2. The number of rotatable bonds is 19. The highest BCUT2D eigenvalue weighted by molar-refractivity contribution is 8.00. The van der Waals surface area contributed by atoms with Crippen molar-refractivity contribution in [3.8, 4) is 5.75 Å². The van der Waals surface area contributed by atoms with Crippen LogP contribution >= 0.6 is 11.8 Å². The number of hydrogen-bond acceptors (Lipinski definition) is 4. The predicted octanol–water partition coefficient (Wildman–Crippen LogP) is 8.61. The molecule has 1 atom stereocenters. The minimum absolute atomic E-state index is 0.129. The van der Waals surface area contributed by atoms with E-state index in [1.807, 2.05) is 11.8 Å². The van der Waals surface area contributed by atoms with Gasteiger partial charge in [-0.05, 0) is 42.2 Å². The molecule has 0 bridgehead atoms. The highest BCUT2D eigenvalue weighted by atomic mass is 32.2. The summed E-state index contributed by atoms with van der Waals surface area (Å²) in [4.78, 5) is 8.91. The van der Waals surface area contributed by atoms with Gasteiger partial charge in [0.15, 0.2) is 0 Å². The molecule has 2 aliphatic rings. The van der Waals surface area contributed by atoms with Crippen LogP contribution in [0.25, 0.3) is 0 Å². The van der Waals surface area contributed by atoms with Crippen molar-refractivity contribution in [1.29, 1.82) is 0 Å². The average Bonchev–Trinajstić information content (AvgIpc) is 3.68. The third kappa shape index (κ3) is 10.2. The Labute approximate surface area is 207 Å². The smallest absolute Gasteiger partial charge is 0.119 e. The fourth-order valence-corrected chi connectivity index (χ4v) is 5.88. The summed E-state index contributed by atoms with van der Waals surface area (Å²) >= 11 is 2.00. The fraction of sp³-hybridized carbons (Fsp3) is 0.724. The quantitative estimate of drug-likeness (QED) is 0.190. The molecule has 33 heavy (non-hydrogen) atoms. The molecule has 1 fully saturated rings. The van der Waals surface area contributed by atoms with Crippen LogP contribution in [0.4, 0.5) is 0 Å². The highest BCUT2D eigenvalue weighted by Crippen LogP contribution is 2.38. The molecular formula is C29H46N2OS. The van der Waals surface area contributed by atoms with Crippen molar-refractivity contribution in [2.24, 2.45) is 15.9 Å². The summed E-state index contributed by atoms with van der Waals surface area (Å²) in [6.45, 7) is 3.88. The second-order valence-corrected chi connectivity index (χ2v) is 11.4. The third-order valence-corrected chi connectivity index (χ3v) is 8.41. The molecule has 0 aromatic heterocycles. The minimum atomic E-state index is -0.129. The van der Waals surface area contributed by atoms with Gasteiger partial charge in [0.1, 0.15) is 12.1 Å². The molecule has 0 spiro atoms. The molecule has 1 unspecified atom stereocenters. The van der Waals surface area contributed by atoms with E-state index in [0.29, 0.717) is 0 Å². The molecular weight excluding hydrogens is 424 g/mol. The van der Waals surface area contributed by atoms with E-state index in [2.05, 4.69) is 47.4 Å². The topological polar surface area (TPSA) is 34.0 Å². The first-order valence-electron chi connectivity index (χ1n) is 13.7. The number of benzene rings is 1. The third-order valence-electron chi connectivity index (χ3n) is 6.93. The van der Waals surface area contributed by atoms with E-state index in [-0.39, 0.29) is 4.75 Å². The average molecular weight is 471 g/mol. The molecule has 3 rings (SSSR count). The van der Waals surface area contributed by atoms with Crippen LogP contribution in [-0.2, 0) is 4.75 Å². The van der Waals surface area contributed by atoms with E-state index in [1.54, 1.807) is 6.34 Å². The number of ether oxygens (including phenoxy) is 1. The van der Waals surface area contributed by atoms with E-state index in [4.69, 9.17) is 4.74 Å². The van der Waals surface area contributed by atoms with Gasteiger partial charge < -0.3 is 4.74 Å². The lowest BCUT2D eigenvalue weighted by atomic mass is 9.98.